The molecule has 0 radical (unpaired) electrons. The number of nitrogens with zero attached hydrogens (tertiary/aromatic N) is 1. The van der Waals surface area contributed by atoms with Gasteiger partial charge in [0.2, 0.25) is 10.0 Å². The van der Waals surface area contributed by atoms with Crippen molar-refractivity contribution in [3.05, 3.63) is 29.8 Å². The number of hydrogen-bond acceptors (Lipinski definition) is 3. The zero-order chi connectivity index (χ0) is 14.8. The third-order valence-corrected chi connectivity index (χ3v) is 5.98. The van der Waals surface area contributed by atoms with Crippen LogP contribution >= 0.6 is 0 Å². The summed E-state index contributed by atoms with van der Waals surface area (Å²) >= 11 is 0. The molecular formula is C15H24N2O2S. The maximum Gasteiger partial charge on any atom is 0.218 e. The monoisotopic (exact) mass is 296 g/mol. The first-order valence-electron chi connectivity index (χ1n) is 7.21. The van der Waals surface area contributed by atoms with Crippen molar-refractivity contribution in [3.63, 3.8) is 0 Å². The van der Waals surface area contributed by atoms with E-state index in [0.717, 1.165) is 18.4 Å². The van der Waals surface area contributed by atoms with E-state index in [1.807, 2.05) is 6.07 Å². The number of anilines is 1. The number of hydrogen-bond donors (Lipinski definition) is 1. The first kappa shape index (κ1) is 15.3. The van der Waals surface area contributed by atoms with E-state index in [2.05, 4.69) is 13.8 Å². The smallest absolute Gasteiger partial charge is 0.218 e. The molecule has 0 aromatic heterocycles. The van der Waals surface area contributed by atoms with Crippen LogP contribution in [0.5, 0.6) is 0 Å². The Bertz CT molecular complexity index is 547. The van der Waals surface area contributed by atoms with Crippen LogP contribution in [0, 0.1) is 11.8 Å². The molecule has 1 aromatic rings. The molecule has 0 amide bonds. The molecule has 1 saturated heterocycles. The van der Waals surface area contributed by atoms with E-state index in [1.165, 1.54) is 0 Å². The van der Waals surface area contributed by atoms with E-state index in [1.54, 1.807) is 22.5 Å². The fourth-order valence-electron chi connectivity index (χ4n) is 2.81. The van der Waals surface area contributed by atoms with Crippen LogP contribution < -0.4 is 5.73 Å². The number of rotatable bonds is 4. The van der Waals surface area contributed by atoms with Crippen LogP contribution in [-0.4, -0.2) is 25.8 Å². The van der Waals surface area contributed by atoms with Gasteiger partial charge in [-0.3, -0.25) is 0 Å². The molecule has 0 spiro atoms. The number of piperidine rings is 1. The average Bonchev–Trinajstić information content (AvgIpc) is 2.38. The molecule has 4 nitrogen and oxygen atoms in total. The van der Waals surface area contributed by atoms with E-state index in [-0.39, 0.29) is 5.75 Å². The Labute approximate surface area is 122 Å². The lowest BCUT2D eigenvalue weighted by Gasteiger charge is -2.33. The highest BCUT2D eigenvalue weighted by molar-refractivity contribution is 7.88. The lowest BCUT2D eigenvalue weighted by Crippen LogP contribution is -2.40. The van der Waals surface area contributed by atoms with Gasteiger partial charge in [-0.1, -0.05) is 26.0 Å². The maximum absolute atomic E-state index is 12.4. The second kappa shape index (κ2) is 6.14. The first-order valence-corrected chi connectivity index (χ1v) is 8.81. The molecule has 0 aliphatic carbocycles. The van der Waals surface area contributed by atoms with Gasteiger partial charge in [0, 0.05) is 18.8 Å². The van der Waals surface area contributed by atoms with Gasteiger partial charge in [-0.15, -0.1) is 0 Å². The molecule has 0 atom stereocenters. The van der Waals surface area contributed by atoms with Crippen LogP contribution in [0.1, 0.15) is 32.3 Å². The van der Waals surface area contributed by atoms with E-state index < -0.39 is 10.0 Å². The molecular weight excluding hydrogens is 272 g/mol. The predicted molar refractivity (Wildman–Crippen MR) is 82.6 cm³/mol. The molecule has 1 aliphatic rings. The van der Waals surface area contributed by atoms with E-state index >= 15 is 0 Å². The predicted octanol–water partition coefficient (Wildman–Crippen LogP) is 2.47. The largest absolute Gasteiger partial charge is 0.399 e. The van der Waals surface area contributed by atoms with Crippen molar-refractivity contribution < 1.29 is 8.42 Å². The van der Waals surface area contributed by atoms with E-state index in [9.17, 15) is 8.42 Å². The van der Waals surface area contributed by atoms with Crippen LogP contribution in [0.3, 0.4) is 0 Å². The van der Waals surface area contributed by atoms with Gasteiger partial charge in [0.1, 0.15) is 0 Å². The number of nitrogens with two attached hydrogens (primary N) is 1. The summed E-state index contributed by atoms with van der Waals surface area (Å²) in [7, 11) is -3.22. The van der Waals surface area contributed by atoms with Crippen molar-refractivity contribution in [1.82, 2.24) is 4.31 Å². The summed E-state index contributed by atoms with van der Waals surface area (Å²) in [6.45, 7) is 5.71. The molecule has 112 valence electrons. The molecule has 0 unspecified atom stereocenters. The fourth-order valence-corrected chi connectivity index (χ4v) is 4.36. The number of nitrogen functional groups attached to an aromatic ring is 1. The Kier molecular flexibility index (Phi) is 4.70. The fraction of sp³-hybridized carbons (Fsp3) is 0.600. The SMILES string of the molecule is CC(C)C1CCN(S(=O)(=O)Cc2cccc(N)c2)CC1. The summed E-state index contributed by atoms with van der Waals surface area (Å²) in [6, 6.07) is 7.11. The van der Waals surface area contributed by atoms with Gasteiger partial charge in [0.25, 0.3) is 0 Å². The van der Waals surface area contributed by atoms with Crippen molar-refractivity contribution in [1.29, 1.82) is 0 Å². The average molecular weight is 296 g/mol. The maximum atomic E-state index is 12.4. The number of benzene rings is 1. The topological polar surface area (TPSA) is 63.4 Å². The summed E-state index contributed by atoms with van der Waals surface area (Å²) in [5.41, 5.74) is 7.07. The highest BCUT2D eigenvalue weighted by Crippen LogP contribution is 2.26. The van der Waals surface area contributed by atoms with Crippen molar-refractivity contribution in [2.75, 3.05) is 18.8 Å². The van der Waals surface area contributed by atoms with Gasteiger partial charge in [0.15, 0.2) is 0 Å². The lowest BCUT2D eigenvalue weighted by molar-refractivity contribution is 0.226. The molecule has 2 N–H and O–H groups in total. The van der Waals surface area contributed by atoms with Crippen molar-refractivity contribution in [2.45, 2.75) is 32.4 Å². The van der Waals surface area contributed by atoms with E-state index in [0.29, 0.717) is 30.6 Å². The quantitative estimate of drug-likeness (QED) is 0.868. The molecule has 1 aromatic carbocycles. The van der Waals surface area contributed by atoms with Gasteiger partial charge < -0.3 is 5.73 Å². The van der Waals surface area contributed by atoms with Crippen molar-refractivity contribution in [3.8, 4) is 0 Å². The zero-order valence-electron chi connectivity index (χ0n) is 12.2. The van der Waals surface area contributed by atoms with Gasteiger partial charge in [-0.2, -0.15) is 0 Å². The van der Waals surface area contributed by atoms with Gasteiger partial charge in [-0.05, 0) is 42.4 Å². The Hall–Kier alpha value is -1.07. The van der Waals surface area contributed by atoms with Crippen LogP contribution in [0.2, 0.25) is 0 Å². The van der Waals surface area contributed by atoms with Gasteiger partial charge in [-0.25, -0.2) is 12.7 Å². The molecule has 2 rings (SSSR count). The minimum atomic E-state index is -3.22. The molecule has 1 heterocycles. The summed E-state index contributed by atoms with van der Waals surface area (Å²) in [6.07, 6.45) is 1.93. The summed E-state index contributed by atoms with van der Waals surface area (Å²) < 4.78 is 26.5. The van der Waals surface area contributed by atoms with Gasteiger partial charge >= 0.3 is 0 Å². The zero-order valence-corrected chi connectivity index (χ0v) is 13.1. The molecule has 0 bridgehead atoms. The highest BCUT2D eigenvalue weighted by Gasteiger charge is 2.29. The Morgan fingerprint density at radius 2 is 1.95 bits per heavy atom. The van der Waals surface area contributed by atoms with Crippen LogP contribution in [0.4, 0.5) is 5.69 Å². The summed E-state index contributed by atoms with van der Waals surface area (Å²) in [5, 5.41) is 0. The molecule has 1 aliphatic heterocycles. The van der Waals surface area contributed by atoms with Crippen molar-refractivity contribution in [2.24, 2.45) is 11.8 Å². The minimum Gasteiger partial charge on any atom is -0.399 e. The molecule has 5 heteroatoms. The van der Waals surface area contributed by atoms with Crippen molar-refractivity contribution >= 4 is 15.7 Å². The third kappa shape index (κ3) is 3.73. The molecule has 0 saturated carbocycles. The van der Waals surface area contributed by atoms with Crippen LogP contribution in [0.15, 0.2) is 24.3 Å². The normalized spacial score (nSPS) is 18.6. The van der Waals surface area contributed by atoms with Crippen LogP contribution in [-0.2, 0) is 15.8 Å². The third-order valence-electron chi connectivity index (χ3n) is 4.13. The van der Waals surface area contributed by atoms with Gasteiger partial charge in [0.05, 0.1) is 5.75 Å². The highest BCUT2D eigenvalue weighted by atomic mass is 32.2. The Balaban J connectivity index is 2.01. The Morgan fingerprint density at radius 3 is 2.50 bits per heavy atom. The standard InChI is InChI=1S/C15H24N2O2S/c1-12(2)14-6-8-17(9-7-14)20(18,19)11-13-4-3-5-15(16)10-13/h3-5,10,12,14H,6-9,11,16H2,1-2H3. The Morgan fingerprint density at radius 1 is 1.30 bits per heavy atom. The number of sulfonamides is 1. The first-order chi connectivity index (χ1) is 9.38. The summed E-state index contributed by atoms with van der Waals surface area (Å²) in [4.78, 5) is 0. The molecule has 20 heavy (non-hydrogen) atoms. The minimum absolute atomic E-state index is 0.0460. The van der Waals surface area contributed by atoms with E-state index in [4.69, 9.17) is 5.73 Å². The summed E-state index contributed by atoms with van der Waals surface area (Å²) in [5.74, 6) is 1.33. The lowest BCUT2D eigenvalue weighted by atomic mass is 9.87. The second-order valence-electron chi connectivity index (χ2n) is 5.98. The van der Waals surface area contributed by atoms with Crippen LogP contribution in [0.25, 0.3) is 0 Å². The second-order valence-corrected chi connectivity index (χ2v) is 7.95. The molecule has 1 fully saturated rings.